The molecule has 60 heavy (non-hydrogen) atoms. The smallest absolute Gasteiger partial charge is 0.341 e. The molecule has 2 amide bonds. The first-order valence-electron chi connectivity index (χ1n) is 18.3. The number of amides is 2. The Hall–Kier alpha value is -6.38. The highest BCUT2D eigenvalue weighted by Gasteiger charge is 2.23. The van der Waals surface area contributed by atoms with Crippen molar-refractivity contribution in [1.82, 2.24) is 10.6 Å². The van der Waals surface area contributed by atoms with Crippen LogP contribution in [0.2, 0.25) is 0 Å². The third-order valence-electron chi connectivity index (χ3n) is 9.28. The number of esters is 2. The molecule has 14 heteroatoms. The highest BCUT2D eigenvalue weighted by molar-refractivity contribution is 8.76. The molecule has 0 heterocycles. The molecule has 0 saturated carbocycles. The molecule has 0 aliphatic carbocycles. The molecule has 8 nitrogen and oxygen atoms in total. The van der Waals surface area contributed by atoms with Gasteiger partial charge in [-0.2, -0.15) is 0 Å². The molecule has 0 bridgehead atoms. The quantitative estimate of drug-likeness (QED) is 0.0598. The molecule has 306 valence electrons. The van der Waals surface area contributed by atoms with Crippen molar-refractivity contribution in [2.24, 2.45) is 0 Å². The number of carbonyl (C=O) groups is 4. The second-order valence-corrected chi connectivity index (χ2v) is 15.6. The Balaban J connectivity index is 0.954. The highest BCUT2D eigenvalue weighted by Crippen LogP contribution is 2.37. The van der Waals surface area contributed by atoms with Gasteiger partial charge >= 0.3 is 11.9 Å². The van der Waals surface area contributed by atoms with Crippen molar-refractivity contribution < 1.29 is 46.2 Å². The van der Waals surface area contributed by atoms with Gasteiger partial charge in [-0.1, -0.05) is 94.4 Å². The topological polar surface area (TPSA) is 111 Å². The molecule has 0 saturated heterocycles. The minimum Gasteiger partial charge on any atom is -0.465 e. The average molecular weight is 853 g/mol. The van der Waals surface area contributed by atoms with E-state index in [0.29, 0.717) is 5.56 Å². The fourth-order valence-corrected chi connectivity index (χ4v) is 8.12. The Bertz CT molecular complexity index is 2550. The third-order valence-corrected chi connectivity index (χ3v) is 11.7. The molecular formula is C46H36F4N2O6S2. The molecule has 0 aliphatic heterocycles. The fraction of sp³-hybridized carbons (Fsp3) is 0.130. The van der Waals surface area contributed by atoms with E-state index in [2.05, 4.69) is 15.4 Å². The van der Waals surface area contributed by atoms with Crippen LogP contribution in [0.25, 0.3) is 22.3 Å². The Labute approximate surface area is 351 Å². The van der Waals surface area contributed by atoms with E-state index in [-0.39, 0.29) is 76.7 Å². The monoisotopic (exact) mass is 852 g/mol. The van der Waals surface area contributed by atoms with E-state index >= 15 is 8.78 Å². The maximum absolute atomic E-state index is 15.5. The molecule has 0 unspecified atom stereocenters. The van der Waals surface area contributed by atoms with Crippen molar-refractivity contribution in [3.8, 4) is 22.3 Å². The second kappa shape index (κ2) is 20.1. The normalized spacial score (nSPS) is 10.8. The van der Waals surface area contributed by atoms with Crippen LogP contribution in [0, 0.1) is 23.3 Å². The number of hydrogen-bond acceptors (Lipinski definition) is 8. The highest BCUT2D eigenvalue weighted by atomic mass is 33.1. The zero-order chi connectivity index (χ0) is 42.8. The summed E-state index contributed by atoms with van der Waals surface area (Å²) in [5.41, 5.74) is 2.10. The molecule has 0 spiro atoms. The van der Waals surface area contributed by atoms with Gasteiger partial charge in [-0.05, 0) is 81.9 Å². The maximum atomic E-state index is 15.5. The van der Waals surface area contributed by atoms with Crippen LogP contribution in [0.4, 0.5) is 17.6 Å². The van der Waals surface area contributed by atoms with Crippen LogP contribution in [0.3, 0.4) is 0 Å². The van der Waals surface area contributed by atoms with Gasteiger partial charge in [-0.3, -0.25) is 9.59 Å². The van der Waals surface area contributed by atoms with E-state index < -0.39 is 35.2 Å². The largest absolute Gasteiger partial charge is 0.465 e. The van der Waals surface area contributed by atoms with Crippen molar-refractivity contribution >= 4 is 45.3 Å². The van der Waals surface area contributed by atoms with Crippen molar-refractivity contribution in [3.63, 3.8) is 0 Å². The Kier molecular flexibility index (Phi) is 14.4. The molecule has 0 fully saturated rings. The average Bonchev–Trinajstić information content (AvgIpc) is 3.25. The minimum absolute atomic E-state index is 0.0387. The zero-order valence-electron chi connectivity index (χ0n) is 32.2. The summed E-state index contributed by atoms with van der Waals surface area (Å²) in [6.07, 6.45) is 0.113. The summed E-state index contributed by atoms with van der Waals surface area (Å²) in [5.74, 6) is -5.27. The van der Waals surface area contributed by atoms with Gasteiger partial charge in [0.1, 0.15) is 34.4 Å². The number of rotatable bonds is 15. The summed E-state index contributed by atoms with van der Waals surface area (Å²) < 4.78 is 68.2. The summed E-state index contributed by atoms with van der Waals surface area (Å²) in [6.45, 7) is -0.247. The summed E-state index contributed by atoms with van der Waals surface area (Å²) in [5, 5.41) is 5.41. The first kappa shape index (κ1) is 43.2. The van der Waals surface area contributed by atoms with Crippen LogP contribution < -0.4 is 10.6 Å². The van der Waals surface area contributed by atoms with Gasteiger partial charge < -0.3 is 20.1 Å². The molecule has 0 radical (unpaired) electrons. The van der Waals surface area contributed by atoms with Gasteiger partial charge in [0.2, 0.25) is 11.8 Å². The summed E-state index contributed by atoms with van der Waals surface area (Å²) in [4.78, 5) is 52.0. The number of carbonyl (C=O) groups excluding carboxylic acids is 4. The summed E-state index contributed by atoms with van der Waals surface area (Å²) in [6, 6.07) is 31.4. The fourth-order valence-electron chi connectivity index (χ4n) is 6.19. The van der Waals surface area contributed by atoms with Gasteiger partial charge in [0.25, 0.3) is 0 Å². The number of halogens is 4. The van der Waals surface area contributed by atoms with Crippen LogP contribution in [0.15, 0.2) is 131 Å². The van der Waals surface area contributed by atoms with Crippen molar-refractivity contribution in [3.05, 3.63) is 178 Å². The Morgan fingerprint density at radius 1 is 0.533 bits per heavy atom. The third kappa shape index (κ3) is 10.8. The molecule has 0 aliphatic rings. The second-order valence-electron chi connectivity index (χ2n) is 13.3. The van der Waals surface area contributed by atoms with E-state index in [1.165, 1.54) is 76.2 Å². The molecular weight excluding hydrogens is 817 g/mol. The first-order valence-corrected chi connectivity index (χ1v) is 20.5. The molecule has 6 aromatic carbocycles. The number of methoxy groups -OCH3 is 2. The van der Waals surface area contributed by atoms with Gasteiger partial charge in [-0.25, -0.2) is 27.2 Å². The molecule has 6 rings (SSSR count). The lowest BCUT2D eigenvalue weighted by molar-refractivity contribution is -0.121. The summed E-state index contributed by atoms with van der Waals surface area (Å²) in [7, 11) is 5.27. The molecule has 0 aromatic heterocycles. The lowest BCUT2D eigenvalue weighted by atomic mass is 9.96. The van der Waals surface area contributed by atoms with Crippen LogP contribution >= 0.6 is 21.6 Å². The predicted molar refractivity (Wildman–Crippen MR) is 222 cm³/mol. The SMILES string of the molecule is COC(=O)c1c(F)cccc1-c1ccc(CNC(=O)Cc2ccc(SSc3ccc(CC(=O)NCc4ccc(-c5cccc(F)c5)c(C(=O)OC)c4F)cc3)cc2)c(F)c1. The lowest BCUT2D eigenvalue weighted by Crippen LogP contribution is -2.25. The number of ether oxygens (including phenoxy) is 2. The van der Waals surface area contributed by atoms with Crippen LogP contribution in [-0.2, 0) is 45.0 Å². The van der Waals surface area contributed by atoms with E-state index in [1.807, 2.05) is 48.5 Å². The summed E-state index contributed by atoms with van der Waals surface area (Å²) >= 11 is 0. The number of benzene rings is 6. The van der Waals surface area contributed by atoms with E-state index in [9.17, 15) is 28.0 Å². The van der Waals surface area contributed by atoms with Gasteiger partial charge in [0.15, 0.2) is 0 Å². The molecule has 0 atom stereocenters. The predicted octanol–water partition coefficient (Wildman–Crippen LogP) is 9.67. The van der Waals surface area contributed by atoms with Crippen LogP contribution in [0.5, 0.6) is 0 Å². The zero-order valence-corrected chi connectivity index (χ0v) is 33.8. The van der Waals surface area contributed by atoms with E-state index in [0.717, 1.165) is 41.2 Å². The van der Waals surface area contributed by atoms with Crippen molar-refractivity contribution in [2.45, 2.75) is 35.7 Å². The Morgan fingerprint density at radius 3 is 1.62 bits per heavy atom. The Morgan fingerprint density at radius 2 is 1.05 bits per heavy atom. The van der Waals surface area contributed by atoms with Crippen molar-refractivity contribution in [2.75, 3.05) is 14.2 Å². The van der Waals surface area contributed by atoms with Gasteiger partial charge in [-0.15, -0.1) is 0 Å². The standard InChI is InChI=1S/C46H36F4N2O6S2/c1-57-45(55)42-36(7-4-8-38(42)48)30-13-14-31(39(49)24-30)25-51-40(53)21-27-9-16-34(17-10-27)59-60-35-18-11-28(12-19-35)22-41(54)52-26-32-15-20-37(29-5-3-6-33(47)23-29)43(44(32)50)46(56)58-2/h3-20,23-24H,21-22,25-26H2,1-2H3,(H,51,53)(H,52,54). The van der Waals surface area contributed by atoms with Gasteiger partial charge in [0.05, 0.1) is 27.1 Å². The molecule has 2 N–H and O–H groups in total. The minimum atomic E-state index is -0.922. The van der Waals surface area contributed by atoms with E-state index in [1.54, 1.807) is 12.1 Å². The maximum Gasteiger partial charge on any atom is 0.341 e. The van der Waals surface area contributed by atoms with Crippen molar-refractivity contribution in [1.29, 1.82) is 0 Å². The first-order chi connectivity index (χ1) is 28.9. The van der Waals surface area contributed by atoms with Crippen LogP contribution in [-0.4, -0.2) is 38.0 Å². The lowest BCUT2D eigenvalue weighted by Gasteiger charge is -2.14. The number of hydrogen-bond donors (Lipinski definition) is 2. The van der Waals surface area contributed by atoms with Crippen LogP contribution in [0.1, 0.15) is 43.0 Å². The van der Waals surface area contributed by atoms with Gasteiger partial charge in [0, 0.05) is 34.0 Å². The van der Waals surface area contributed by atoms with E-state index in [4.69, 9.17) is 4.74 Å². The molecule has 6 aromatic rings. The number of nitrogens with one attached hydrogen (secondary N) is 2.